The first-order valence-electron chi connectivity index (χ1n) is 11.9. The minimum absolute atomic E-state index is 0.107. The van der Waals surface area contributed by atoms with Crippen molar-refractivity contribution in [3.05, 3.63) is 53.8 Å². The molecule has 1 saturated heterocycles. The van der Waals surface area contributed by atoms with E-state index in [2.05, 4.69) is 15.4 Å². The second-order valence-corrected chi connectivity index (χ2v) is 8.74. The van der Waals surface area contributed by atoms with E-state index < -0.39 is 18.6 Å². The monoisotopic (exact) mass is 507 g/mol. The van der Waals surface area contributed by atoms with Crippen molar-refractivity contribution in [2.45, 2.75) is 45.7 Å². The van der Waals surface area contributed by atoms with E-state index in [9.17, 15) is 19.5 Å². The highest BCUT2D eigenvalue weighted by molar-refractivity contribution is 6.00. The largest absolute Gasteiger partial charge is 0.447 e. The Morgan fingerprint density at radius 3 is 2.76 bits per heavy atom. The average Bonchev–Trinajstić information content (AvgIpc) is 3.52. The summed E-state index contributed by atoms with van der Waals surface area (Å²) in [6.45, 7) is 4.85. The lowest BCUT2D eigenvalue weighted by atomic mass is 10.1. The molecule has 12 nitrogen and oxygen atoms in total. The molecule has 4 rings (SSSR count). The van der Waals surface area contributed by atoms with Crippen molar-refractivity contribution in [3.8, 4) is 11.1 Å². The molecule has 3 aromatic rings. The van der Waals surface area contributed by atoms with E-state index in [0.717, 1.165) is 5.56 Å². The molecular formula is C25H29N7O5. The summed E-state index contributed by atoms with van der Waals surface area (Å²) in [5, 5.41) is 16.3. The van der Waals surface area contributed by atoms with Crippen molar-refractivity contribution >= 4 is 29.2 Å². The fourth-order valence-corrected chi connectivity index (χ4v) is 4.15. The molecule has 1 fully saturated rings. The number of nitrogens with one attached hydrogen (secondary N) is 1. The van der Waals surface area contributed by atoms with Gasteiger partial charge in [0.05, 0.1) is 23.1 Å². The van der Waals surface area contributed by atoms with Crippen LogP contribution < -0.4 is 11.1 Å². The molecule has 0 aromatic carbocycles. The molecule has 2 atom stereocenters. The first-order chi connectivity index (χ1) is 17.7. The molecule has 37 heavy (non-hydrogen) atoms. The first kappa shape index (κ1) is 25.8. The highest BCUT2D eigenvalue weighted by atomic mass is 16.6. The number of ether oxygens (including phenoxy) is 1. The second kappa shape index (κ2) is 10.7. The Balaban J connectivity index is 1.69. The number of fused-ring (bicyclic) bond motifs is 1. The molecule has 0 bridgehead atoms. The van der Waals surface area contributed by atoms with Gasteiger partial charge in [-0.15, -0.1) is 0 Å². The Kier molecular flexibility index (Phi) is 7.48. The minimum atomic E-state index is -0.601. The molecule has 0 unspecified atom stereocenters. The van der Waals surface area contributed by atoms with Crippen LogP contribution in [0.5, 0.6) is 0 Å². The predicted molar refractivity (Wildman–Crippen MR) is 134 cm³/mol. The number of cyclic esters (lactones) is 1. The van der Waals surface area contributed by atoms with Crippen LogP contribution >= 0.6 is 0 Å². The van der Waals surface area contributed by atoms with Crippen LogP contribution in [0.3, 0.4) is 0 Å². The molecular weight excluding hydrogens is 478 g/mol. The zero-order chi connectivity index (χ0) is 26.7. The lowest BCUT2D eigenvalue weighted by Crippen LogP contribution is -2.35. The van der Waals surface area contributed by atoms with Crippen molar-refractivity contribution in [3.63, 3.8) is 0 Å². The number of hydrogen-bond donors (Lipinski definition) is 3. The van der Waals surface area contributed by atoms with Crippen LogP contribution in [0.15, 0.2) is 36.8 Å². The van der Waals surface area contributed by atoms with E-state index in [-0.39, 0.29) is 42.3 Å². The van der Waals surface area contributed by atoms with Crippen molar-refractivity contribution in [2.75, 3.05) is 18.9 Å². The quantitative estimate of drug-likeness (QED) is 0.367. The summed E-state index contributed by atoms with van der Waals surface area (Å²) in [6.07, 6.45) is 7.03. The molecule has 4 N–H and O–H groups in total. The van der Waals surface area contributed by atoms with E-state index in [1.807, 2.05) is 19.9 Å². The van der Waals surface area contributed by atoms with Crippen LogP contribution in [-0.4, -0.2) is 66.6 Å². The Labute approximate surface area is 213 Å². The van der Waals surface area contributed by atoms with Gasteiger partial charge >= 0.3 is 6.09 Å². The van der Waals surface area contributed by atoms with Crippen molar-refractivity contribution in [2.24, 2.45) is 0 Å². The van der Waals surface area contributed by atoms with E-state index in [1.54, 1.807) is 30.7 Å². The maximum Gasteiger partial charge on any atom is 0.407 e. The number of amides is 2. The number of alkyl carbamates (subject to hydrolysis) is 1. The van der Waals surface area contributed by atoms with Gasteiger partial charge in [0, 0.05) is 36.0 Å². The molecule has 0 aliphatic carbocycles. The number of carbonyl (C=O) groups excluding carboxylic acids is 3. The highest BCUT2D eigenvalue weighted by Crippen LogP contribution is 2.28. The van der Waals surface area contributed by atoms with Crippen molar-refractivity contribution in [1.82, 2.24) is 29.8 Å². The Bertz CT molecular complexity index is 1370. The van der Waals surface area contributed by atoms with Crippen LogP contribution in [0.25, 0.3) is 16.8 Å². The number of nitrogens with zero attached hydrogens (tertiary/aromatic N) is 5. The number of hydrogen-bond acceptors (Lipinski definition) is 9. The average molecular weight is 508 g/mol. The predicted octanol–water partition coefficient (Wildman–Crippen LogP) is 2.03. The van der Waals surface area contributed by atoms with Crippen LogP contribution in [0.4, 0.5) is 10.6 Å². The summed E-state index contributed by atoms with van der Waals surface area (Å²) in [6, 6.07) is 3.20. The number of carbonyl (C=O) groups is 3. The van der Waals surface area contributed by atoms with Gasteiger partial charge in [-0.2, -0.15) is 9.61 Å². The summed E-state index contributed by atoms with van der Waals surface area (Å²) in [7, 11) is 0. The van der Waals surface area contributed by atoms with Crippen LogP contribution in [-0.2, 0) is 16.0 Å². The van der Waals surface area contributed by atoms with Gasteiger partial charge in [0.2, 0.25) is 0 Å². The third-order valence-corrected chi connectivity index (χ3v) is 6.30. The molecule has 194 valence electrons. The maximum atomic E-state index is 12.5. The molecule has 3 aromatic heterocycles. The lowest BCUT2D eigenvalue weighted by Gasteiger charge is -2.24. The number of anilines is 1. The van der Waals surface area contributed by atoms with E-state index >= 15 is 0 Å². The summed E-state index contributed by atoms with van der Waals surface area (Å²) < 4.78 is 6.34. The maximum absolute atomic E-state index is 12.5. The number of nitrogen functional groups attached to an aromatic ring is 1. The van der Waals surface area contributed by atoms with Crippen LogP contribution in [0.1, 0.15) is 55.0 Å². The van der Waals surface area contributed by atoms with Gasteiger partial charge in [0.1, 0.15) is 25.1 Å². The summed E-state index contributed by atoms with van der Waals surface area (Å²) in [4.78, 5) is 46.6. The normalized spacial score (nSPS) is 16.1. The van der Waals surface area contributed by atoms with E-state index in [1.165, 1.54) is 16.3 Å². The van der Waals surface area contributed by atoms with Gasteiger partial charge in [-0.25, -0.2) is 9.78 Å². The van der Waals surface area contributed by atoms with Gasteiger partial charge in [0.15, 0.2) is 11.4 Å². The third kappa shape index (κ3) is 5.14. The second-order valence-electron chi connectivity index (χ2n) is 8.74. The van der Waals surface area contributed by atoms with Crippen molar-refractivity contribution in [1.29, 1.82) is 0 Å². The lowest BCUT2D eigenvalue weighted by molar-refractivity contribution is -0.133. The fraction of sp³-hybridized carbons (Fsp3) is 0.360. The highest BCUT2D eigenvalue weighted by Gasteiger charge is 2.25. The van der Waals surface area contributed by atoms with E-state index in [0.29, 0.717) is 29.0 Å². The molecule has 4 heterocycles. The molecule has 0 saturated carbocycles. The number of aromatic nitrogens is 4. The topological polar surface area (TPSA) is 165 Å². The number of rotatable bonds is 9. The minimum Gasteiger partial charge on any atom is -0.447 e. The van der Waals surface area contributed by atoms with Gasteiger partial charge in [-0.1, -0.05) is 19.1 Å². The Morgan fingerprint density at radius 1 is 1.38 bits per heavy atom. The first-order valence-corrected chi connectivity index (χ1v) is 11.9. The van der Waals surface area contributed by atoms with Gasteiger partial charge in [-0.05, 0) is 26.3 Å². The van der Waals surface area contributed by atoms with Gasteiger partial charge in [-0.3, -0.25) is 14.6 Å². The fourth-order valence-electron chi connectivity index (χ4n) is 4.15. The van der Waals surface area contributed by atoms with E-state index in [4.69, 9.17) is 15.5 Å². The van der Waals surface area contributed by atoms with Gasteiger partial charge in [0.25, 0.3) is 5.91 Å². The number of aliphatic hydroxyl groups is 1. The zero-order valence-corrected chi connectivity index (χ0v) is 20.8. The molecule has 1 aliphatic rings. The smallest absolute Gasteiger partial charge is 0.407 e. The van der Waals surface area contributed by atoms with Gasteiger partial charge < -0.3 is 25.8 Å². The number of nitrogens with two attached hydrogens (primary N) is 1. The third-order valence-electron chi connectivity index (χ3n) is 6.30. The Hall–Kier alpha value is -4.32. The molecule has 2 amide bonds. The molecule has 0 radical (unpaired) electrons. The summed E-state index contributed by atoms with van der Waals surface area (Å²) in [5.41, 5.74) is 9.53. The number of allylic oxidation sites excluding steroid dienone is 1. The molecule has 12 heteroatoms. The Morgan fingerprint density at radius 2 is 2.16 bits per heavy atom. The standard InChI is InChI=1S/C25H29N7O5/c1-4-14(2)31(21(35)12-33)9-5-6-19-22(15(3)34)23(26)32-24(29-19)17(11-28-32)16-7-8-18(27-10-16)20-13-37-25(36)30-20/h5,7-11,14,20,33H,4,6,12-13,26H2,1-3H3,(H,30,36)/b9-5-/t14-,20+/m0/s1. The summed E-state index contributed by atoms with van der Waals surface area (Å²) >= 11 is 0. The van der Waals surface area contributed by atoms with Crippen LogP contribution in [0.2, 0.25) is 0 Å². The molecule has 1 aliphatic heterocycles. The molecule has 0 spiro atoms. The van der Waals surface area contributed by atoms with Crippen LogP contribution in [0, 0.1) is 0 Å². The van der Waals surface area contributed by atoms with Crippen molar-refractivity contribution < 1.29 is 24.2 Å². The SMILES string of the molecule is CC[C@H](C)N(/C=C\Cc1nc2c(-c3ccc([C@H]4COC(=O)N4)nc3)cnn2c(N)c1C(C)=O)C(=O)CO. The number of Topliss-reactive ketones (excluding diaryl/α,β-unsaturated/α-hetero) is 1. The summed E-state index contributed by atoms with van der Waals surface area (Å²) in [5.74, 6) is -0.518. The zero-order valence-electron chi connectivity index (χ0n) is 20.8. The number of aliphatic hydroxyl groups excluding tert-OH is 1. The number of ketones is 1. The number of pyridine rings is 1.